The molecule has 0 saturated carbocycles. The van der Waals surface area contributed by atoms with Crippen LogP contribution in [0.2, 0.25) is 0 Å². The Hall–Kier alpha value is -0.760. The van der Waals surface area contributed by atoms with Gasteiger partial charge in [-0.1, -0.05) is 238 Å². The molecule has 0 bridgehead atoms. The number of hydrogen-bond acceptors (Lipinski definition) is 6. The summed E-state index contributed by atoms with van der Waals surface area (Å²) in [5.41, 5.74) is 0. The van der Waals surface area contributed by atoms with Crippen LogP contribution < -0.4 is 0 Å². The summed E-state index contributed by atoms with van der Waals surface area (Å²) in [6.45, 7) is 5.67. The van der Waals surface area contributed by atoms with Crippen molar-refractivity contribution in [3.63, 3.8) is 0 Å². The summed E-state index contributed by atoms with van der Waals surface area (Å²) in [6, 6.07) is 0. The van der Waals surface area contributed by atoms with E-state index in [2.05, 4.69) is 26.0 Å². The van der Waals surface area contributed by atoms with Crippen LogP contribution in [0.3, 0.4) is 0 Å². The lowest BCUT2D eigenvalue weighted by molar-refractivity contribution is -0.870. The van der Waals surface area contributed by atoms with Gasteiger partial charge in [0, 0.05) is 13.0 Å². The number of ether oxygens (including phenoxy) is 2. The Morgan fingerprint density at radius 1 is 0.476 bits per heavy atom. The minimum Gasteiger partial charge on any atom is -0.457 e. The quantitative estimate of drug-likeness (QED) is 0.0214. The largest absolute Gasteiger partial charge is 0.472 e. The molecule has 0 spiro atoms. The van der Waals surface area contributed by atoms with Crippen LogP contribution in [0.4, 0.5) is 0 Å². The zero-order chi connectivity index (χ0) is 46.2. The zero-order valence-corrected chi connectivity index (χ0v) is 43.7. The Kier molecular flexibility index (Phi) is 47.1. The third-order valence-corrected chi connectivity index (χ3v) is 13.3. The molecular formula is C54H109NO7P+. The summed E-state index contributed by atoms with van der Waals surface area (Å²) < 4.78 is 35.2. The molecular weight excluding hydrogens is 806 g/mol. The van der Waals surface area contributed by atoms with Gasteiger partial charge in [0.2, 0.25) is 0 Å². The van der Waals surface area contributed by atoms with E-state index in [0.29, 0.717) is 24.1 Å². The number of hydrogen-bond donors (Lipinski definition) is 1. The zero-order valence-electron chi connectivity index (χ0n) is 42.8. The fourth-order valence-electron chi connectivity index (χ4n) is 8.08. The number of phosphoric ester groups is 1. The maximum atomic E-state index is 12.8. The van der Waals surface area contributed by atoms with E-state index in [1.165, 1.54) is 218 Å². The van der Waals surface area contributed by atoms with E-state index in [1.54, 1.807) is 0 Å². The number of phosphoric acid groups is 1. The van der Waals surface area contributed by atoms with Gasteiger partial charge < -0.3 is 18.9 Å². The molecule has 1 N–H and O–H groups in total. The number of carbonyl (C=O) groups excluding carboxylic acids is 1. The first-order valence-corrected chi connectivity index (χ1v) is 28.9. The lowest BCUT2D eigenvalue weighted by Crippen LogP contribution is -2.37. The molecule has 8 nitrogen and oxygen atoms in total. The van der Waals surface area contributed by atoms with Crippen molar-refractivity contribution in [2.75, 3.05) is 54.1 Å². The molecule has 0 amide bonds. The van der Waals surface area contributed by atoms with Crippen molar-refractivity contribution in [2.45, 2.75) is 277 Å². The van der Waals surface area contributed by atoms with E-state index < -0.39 is 13.9 Å². The first kappa shape index (κ1) is 62.2. The summed E-state index contributed by atoms with van der Waals surface area (Å²) in [5.74, 6) is -0.308. The van der Waals surface area contributed by atoms with Gasteiger partial charge in [-0.3, -0.25) is 13.8 Å². The first-order chi connectivity index (χ1) is 30.6. The maximum Gasteiger partial charge on any atom is 0.472 e. The molecule has 0 aromatic heterocycles. The molecule has 0 aliphatic rings. The highest BCUT2D eigenvalue weighted by Crippen LogP contribution is 2.43. The number of rotatable bonds is 52. The summed E-state index contributed by atoms with van der Waals surface area (Å²) in [4.78, 5) is 23.0. The van der Waals surface area contributed by atoms with Crippen molar-refractivity contribution in [3.05, 3.63) is 12.2 Å². The molecule has 63 heavy (non-hydrogen) atoms. The number of esters is 1. The summed E-state index contributed by atoms with van der Waals surface area (Å²) in [6.07, 6.45) is 55.5. The van der Waals surface area contributed by atoms with Crippen molar-refractivity contribution in [2.24, 2.45) is 0 Å². The van der Waals surface area contributed by atoms with Gasteiger partial charge in [0.25, 0.3) is 0 Å². The molecule has 0 aromatic carbocycles. The molecule has 0 aliphatic carbocycles. The molecule has 0 heterocycles. The van der Waals surface area contributed by atoms with Crippen LogP contribution in [-0.4, -0.2) is 75.6 Å². The smallest absolute Gasteiger partial charge is 0.457 e. The van der Waals surface area contributed by atoms with Crippen LogP contribution in [-0.2, 0) is 27.9 Å². The van der Waals surface area contributed by atoms with E-state index in [4.69, 9.17) is 18.5 Å². The Labute approximate surface area is 392 Å². The van der Waals surface area contributed by atoms with Crippen molar-refractivity contribution < 1.29 is 37.3 Å². The highest BCUT2D eigenvalue weighted by molar-refractivity contribution is 7.47. The predicted molar refractivity (Wildman–Crippen MR) is 270 cm³/mol. The third-order valence-electron chi connectivity index (χ3n) is 12.3. The van der Waals surface area contributed by atoms with Gasteiger partial charge in [-0.15, -0.1) is 0 Å². The van der Waals surface area contributed by atoms with Crippen LogP contribution >= 0.6 is 7.82 Å². The van der Waals surface area contributed by atoms with Gasteiger partial charge in [-0.05, 0) is 38.5 Å². The molecule has 0 rings (SSSR count). The third kappa shape index (κ3) is 52.1. The van der Waals surface area contributed by atoms with Crippen LogP contribution in [0.25, 0.3) is 0 Å². The van der Waals surface area contributed by atoms with Crippen LogP contribution in [0, 0.1) is 0 Å². The van der Waals surface area contributed by atoms with E-state index >= 15 is 0 Å². The van der Waals surface area contributed by atoms with Crippen molar-refractivity contribution >= 4 is 13.8 Å². The van der Waals surface area contributed by atoms with Crippen LogP contribution in [0.15, 0.2) is 12.2 Å². The number of carbonyl (C=O) groups is 1. The number of likely N-dealkylation sites (N-methyl/N-ethyl adjacent to an activating group) is 1. The van der Waals surface area contributed by atoms with E-state index in [-0.39, 0.29) is 25.8 Å². The molecule has 2 unspecified atom stereocenters. The van der Waals surface area contributed by atoms with Crippen LogP contribution in [0.5, 0.6) is 0 Å². The van der Waals surface area contributed by atoms with E-state index in [9.17, 15) is 14.3 Å². The number of quaternary nitrogens is 1. The Morgan fingerprint density at radius 2 is 0.825 bits per heavy atom. The summed E-state index contributed by atoms with van der Waals surface area (Å²) >= 11 is 0. The minimum atomic E-state index is -4.28. The lowest BCUT2D eigenvalue weighted by Gasteiger charge is -2.24. The van der Waals surface area contributed by atoms with Gasteiger partial charge in [-0.25, -0.2) is 4.57 Å². The molecule has 0 aromatic rings. The number of nitrogens with zero attached hydrogens (tertiary/aromatic N) is 1. The molecule has 0 radical (unpaired) electrons. The predicted octanol–water partition coefficient (Wildman–Crippen LogP) is 17.0. The molecule has 376 valence electrons. The standard InChI is InChI=1S/C54H108NO7P/c1-6-8-10-12-14-16-18-20-22-24-25-26-27-28-29-30-31-33-35-37-39-41-43-45-47-54(56)62-53(52-61-63(57,58)60-50-48-55(3,4)5)51-59-49-46-44-42-40-38-36-34-32-23-21-19-17-15-13-11-9-7-2/h23,32,53H,6-22,24-31,33-52H2,1-5H3/p+1/b32-23-. The number of unbranched alkanes of at least 4 members (excludes halogenated alkanes) is 36. The molecule has 2 atom stereocenters. The molecule has 9 heteroatoms. The van der Waals surface area contributed by atoms with Gasteiger partial charge in [0.1, 0.15) is 19.3 Å². The second kappa shape index (κ2) is 47.7. The second-order valence-electron chi connectivity index (χ2n) is 20.0. The Bertz CT molecular complexity index is 1020. The van der Waals surface area contributed by atoms with Gasteiger partial charge in [0.05, 0.1) is 34.4 Å². The summed E-state index contributed by atoms with van der Waals surface area (Å²) in [5, 5.41) is 0. The minimum absolute atomic E-state index is 0.0911. The average molecular weight is 915 g/mol. The highest BCUT2D eigenvalue weighted by atomic mass is 31.2. The first-order valence-electron chi connectivity index (χ1n) is 27.4. The highest BCUT2D eigenvalue weighted by Gasteiger charge is 2.26. The fourth-order valence-corrected chi connectivity index (χ4v) is 8.82. The maximum absolute atomic E-state index is 12.8. The monoisotopic (exact) mass is 915 g/mol. The summed E-state index contributed by atoms with van der Waals surface area (Å²) in [7, 11) is 1.68. The van der Waals surface area contributed by atoms with Crippen LogP contribution in [0.1, 0.15) is 271 Å². The van der Waals surface area contributed by atoms with Gasteiger partial charge in [0.15, 0.2) is 0 Å². The molecule has 0 aliphatic heterocycles. The topological polar surface area (TPSA) is 91.3 Å². The van der Waals surface area contributed by atoms with Crippen molar-refractivity contribution in [1.82, 2.24) is 0 Å². The average Bonchev–Trinajstić information content (AvgIpc) is 3.24. The normalized spacial score (nSPS) is 13.6. The molecule has 0 fully saturated rings. The van der Waals surface area contributed by atoms with Crippen molar-refractivity contribution in [3.8, 4) is 0 Å². The van der Waals surface area contributed by atoms with Gasteiger partial charge in [-0.2, -0.15) is 0 Å². The second-order valence-corrected chi connectivity index (χ2v) is 21.4. The Morgan fingerprint density at radius 3 is 1.21 bits per heavy atom. The van der Waals surface area contributed by atoms with E-state index in [1.807, 2.05) is 21.1 Å². The lowest BCUT2D eigenvalue weighted by atomic mass is 10.0. The van der Waals surface area contributed by atoms with E-state index in [0.717, 1.165) is 32.1 Å². The van der Waals surface area contributed by atoms with Crippen molar-refractivity contribution in [1.29, 1.82) is 0 Å². The van der Waals surface area contributed by atoms with Gasteiger partial charge >= 0.3 is 13.8 Å². The Balaban J connectivity index is 4.04. The fraction of sp³-hybridized carbons (Fsp3) is 0.944. The molecule has 0 saturated heterocycles. The SMILES string of the molecule is CCCCCCCCC/C=C\CCCCCCCCOCC(COP(=O)(O)OCC[N+](C)(C)C)OC(=O)CCCCCCCCCCCCCCCCCCCCCCCCCC. The number of allylic oxidation sites excluding steroid dienone is 2.